The van der Waals surface area contributed by atoms with Crippen LogP contribution in [0.2, 0.25) is 0 Å². The van der Waals surface area contributed by atoms with E-state index in [0.29, 0.717) is 29.6 Å². The highest BCUT2D eigenvalue weighted by atomic mass is 32.1. The molecule has 0 heterocycles. The van der Waals surface area contributed by atoms with Crippen LogP contribution >= 0.6 is 12.2 Å². The lowest BCUT2D eigenvalue weighted by molar-refractivity contribution is -0.141. The van der Waals surface area contributed by atoms with E-state index in [1.165, 1.54) is 0 Å². The van der Waals surface area contributed by atoms with Gasteiger partial charge in [0.25, 0.3) is 0 Å². The van der Waals surface area contributed by atoms with Crippen molar-refractivity contribution >= 4 is 40.6 Å². The molecule has 0 aliphatic rings. The van der Waals surface area contributed by atoms with Crippen LogP contribution in [0.15, 0.2) is 67.3 Å². The number of thiocarbonyl (C=S) groups is 1. The molecule has 5 N–H and O–H groups in total. The van der Waals surface area contributed by atoms with Gasteiger partial charge in [0.2, 0.25) is 5.91 Å². The van der Waals surface area contributed by atoms with Crippen LogP contribution in [-0.4, -0.2) is 34.7 Å². The van der Waals surface area contributed by atoms with Gasteiger partial charge in [-0.15, -0.1) is 6.58 Å². The lowest BCUT2D eigenvalue weighted by atomic mass is 10.1. The fraction of sp³-hybridized carbons (Fsp3) is 0.190. The van der Waals surface area contributed by atoms with Crippen LogP contribution in [0.5, 0.6) is 0 Å². The van der Waals surface area contributed by atoms with E-state index in [2.05, 4.69) is 27.8 Å². The summed E-state index contributed by atoms with van der Waals surface area (Å²) in [6, 6.07) is 15.4. The van der Waals surface area contributed by atoms with E-state index >= 15 is 0 Å². The molecule has 7 nitrogen and oxygen atoms in total. The summed E-state index contributed by atoms with van der Waals surface area (Å²) in [5.41, 5.74) is 2.18. The highest BCUT2D eigenvalue weighted by Gasteiger charge is 2.20. The summed E-state index contributed by atoms with van der Waals surface area (Å²) < 4.78 is 0. The minimum atomic E-state index is -1.08. The number of anilines is 2. The highest BCUT2D eigenvalue weighted by molar-refractivity contribution is 7.80. The average Bonchev–Trinajstić information content (AvgIpc) is 2.70. The van der Waals surface area contributed by atoms with Crippen molar-refractivity contribution in [1.29, 1.82) is 0 Å². The lowest BCUT2D eigenvalue weighted by Crippen LogP contribution is -2.39. The summed E-state index contributed by atoms with van der Waals surface area (Å²) in [4.78, 5) is 23.8. The van der Waals surface area contributed by atoms with Gasteiger partial charge in [-0.05, 0) is 36.0 Å². The second-order valence-electron chi connectivity index (χ2n) is 6.21. The van der Waals surface area contributed by atoms with E-state index in [0.717, 1.165) is 5.56 Å². The van der Waals surface area contributed by atoms with Crippen molar-refractivity contribution in [2.75, 3.05) is 17.2 Å². The summed E-state index contributed by atoms with van der Waals surface area (Å²) in [6.07, 6.45) is 1.49. The molecule has 2 aromatic carbocycles. The Kier molecular flexibility index (Phi) is 8.81. The van der Waals surface area contributed by atoms with Gasteiger partial charge in [0.15, 0.2) is 5.11 Å². The van der Waals surface area contributed by atoms with Gasteiger partial charge in [0.1, 0.15) is 6.04 Å². The van der Waals surface area contributed by atoms with Gasteiger partial charge in [-0.25, -0.2) is 0 Å². The van der Waals surface area contributed by atoms with Gasteiger partial charge < -0.3 is 21.1 Å². The molecule has 2 aromatic rings. The number of aliphatic carboxylic acids is 1. The predicted molar refractivity (Wildman–Crippen MR) is 119 cm³/mol. The third kappa shape index (κ3) is 8.12. The van der Waals surface area contributed by atoms with Crippen molar-refractivity contribution in [2.45, 2.75) is 19.0 Å². The Morgan fingerprint density at radius 3 is 2.41 bits per heavy atom. The second kappa shape index (κ2) is 11.6. The Bertz CT molecular complexity index is 858. The summed E-state index contributed by atoms with van der Waals surface area (Å²) in [6.45, 7) is 4.51. The first-order valence-corrected chi connectivity index (χ1v) is 9.44. The van der Waals surface area contributed by atoms with E-state index in [9.17, 15) is 14.7 Å². The zero-order valence-corrected chi connectivity index (χ0v) is 16.7. The number of carbonyl (C=O) groups excluding carboxylic acids is 1. The number of amides is 1. The second-order valence-corrected chi connectivity index (χ2v) is 6.62. The van der Waals surface area contributed by atoms with Crippen LogP contribution in [0.1, 0.15) is 12.0 Å². The smallest absolute Gasteiger partial charge is 0.321 e. The SMILES string of the molecule is C=CCNC(=S)Nc1cccc(NC(=O)CC(NCc2ccccc2)C(=O)O)c1. The molecule has 0 bridgehead atoms. The number of carboxylic acid groups (broad SMARTS) is 1. The highest BCUT2D eigenvalue weighted by Crippen LogP contribution is 2.15. The van der Waals surface area contributed by atoms with Crippen molar-refractivity contribution < 1.29 is 14.7 Å². The molecule has 0 saturated heterocycles. The third-order valence-corrected chi connectivity index (χ3v) is 4.14. The number of carbonyl (C=O) groups is 2. The Morgan fingerprint density at radius 2 is 1.76 bits per heavy atom. The number of hydrogen-bond acceptors (Lipinski definition) is 4. The first-order chi connectivity index (χ1) is 14.0. The third-order valence-electron chi connectivity index (χ3n) is 3.89. The summed E-state index contributed by atoms with van der Waals surface area (Å²) in [5.74, 6) is -1.48. The lowest BCUT2D eigenvalue weighted by Gasteiger charge is -2.15. The van der Waals surface area contributed by atoms with E-state index in [4.69, 9.17) is 12.2 Å². The molecule has 2 rings (SSSR count). The van der Waals surface area contributed by atoms with Gasteiger partial charge in [-0.1, -0.05) is 42.5 Å². The van der Waals surface area contributed by atoms with E-state index in [1.807, 2.05) is 30.3 Å². The molecule has 0 aromatic heterocycles. The van der Waals surface area contributed by atoms with Crippen LogP contribution in [0.3, 0.4) is 0 Å². The molecule has 1 atom stereocenters. The molecule has 8 heteroatoms. The van der Waals surface area contributed by atoms with Gasteiger partial charge in [-0.3, -0.25) is 14.9 Å². The molecule has 152 valence electrons. The Labute approximate surface area is 175 Å². The molecule has 0 spiro atoms. The van der Waals surface area contributed by atoms with Crippen LogP contribution in [-0.2, 0) is 16.1 Å². The summed E-state index contributed by atoms with van der Waals surface area (Å²) in [7, 11) is 0. The maximum atomic E-state index is 12.3. The minimum absolute atomic E-state index is 0.195. The van der Waals surface area contributed by atoms with Gasteiger partial charge in [-0.2, -0.15) is 0 Å². The quantitative estimate of drug-likeness (QED) is 0.302. The maximum Gasteiger partial charge on any atom is 0.321 e. The molecular formula is C21H24N4O3S. The summed E-state index contributed by atoms with van der Waals surface area (Å²) >= 11 is 5.16. The van der Waals surface area contributed by atoms with Crippen LogP contribution < -0.4 is 21.3 Å². The first-order valence-electron chi connectivity index (χ1n) is 9.03. The number of nitrogens with one attached hydrogen (secondary N) is 4. The Balaban J connectivity index is 1.90. The van der Waals surface area contributed by atoms with Crippen molar-refractivity contribution in [1.82, 2.24) is 10.6 Å². The zero-order chi connectivity index (χ0) is 21.1. The fourth-order valence-corrected chi connectivity index (χ4v) is 2.70. The molecule has 0 aliphatic heterocycles. The Morgan fingerprint density at radius 1 is 1.07 bits per heavy atom. The number of rotatable bonds is 10. The number of hydrogen-bond donors (Lipinski definition) is 5. The van der Waals surface area contributed by atoms with Gasteiger partial charge in [0.05, 0.1) is 6.42 Å². The number of carboxylic acids is 1. The zero-order valence-electron chi connectivity index (χ0n) is 15.9. The fourth-order valence-electron chi connectivity index (χ4n) is 2.50. The minimum Gasteiger partial charge on any atom is -0.480 e. The average molecular weight is 413 g/mol. The molecule has 0 fully saturated rings. The largest absolute Gasteiger partial charge is 0.480 e. The van der Waals surface area contributed by atoms with Gasteiger partial charge in [0, 0.05) is 24.5 Å². The molecule has 0 saturated carbocycles. The Hall–Kier alpha value is -3.23. The van der Waals surface area contributed by atoms with Crippen LogP contribution in [0.4, 0.5) is 11.4 Å². The molecule has 1 amide bonds. The molecule has 29 heavy (non-hydrogen) atoms. The predicted octanol–water partition coefficient (Wildman–Crippen LogP) is 2.73. The van der Waals surface area contributed by atoms with E-state index in [-0.39, 0.29) is 6.42 Å². The first kappa shape index (κ1) is 22.1. The van der Waals surface area contributed by atoms with Crippen molar-refractivity contribution in [3.05, 3.63) is 72.8 Å². The molecular weight excluding hydrogens is 388 g/mol. The molecule has 0 radical (unpaired) electrons. The van der Waals surface area contributed by atoms with Gasteiger partial charge >= 0.3 is 5.97 Å². The normalized spacial score (nSPS) is 11.2. The monoisotopic (exact) mass is 412 g/mol. The molecule has 0 aliphatic carbocycles. The maximum absolute atomic E-state index is 12.3. The van der Waals surface area contributed by atoms with Crippen molar-refractivity contribution in [3.63, 3.8) is 0 Å². The van der Waals surface area contributed by atoms with Crippen LogP contribution in [0.25, 0.3) is 0 Å². The van der Waals surface area contributed by atoms with E-state index in [1.54, 1.807) is 30.3 Å². The molecule has 1 unspecified atom stereocenters. The number of benzene rings is 2. The standard InChI is InChI=1S/C21H24N4O3S/c1-2-11-22-21(29)25-17-10-6-9-16(12-17)24-19(26)13-18(20(27)28)23-14-15-7-4-3-5-8-15/h2-10,12,18,23H,1,11,13-14H2,(H,24,26)(H,27,28)(H2,22,25,29). The van der Waals surface area contributed by atoms with Crippen molar-refractivity contribution in [3.8, 4) is 0 Å². The topological polar surface area (TPSA) is 102 Å². The van der Waals surface area contributed by atoms with Crippen LogP contribution in [0, 0.1) is 0 Å². The van der Waals surface area contributed by atoms with E-state index < -0.39 is 17.9 Å². The van der Waals surface area contributed by atoms with Crippen molar-refractivity contribution in [2.24, 2.45) is 0 Å². The summed E-state index contributed by atoms with van der Waals surface area (Å²) in [5, 5.41) is 21.4.